The molecular weight excluding hydrogens is 407 g/mol. The Bertz CT molecular complexity index is 1270. The summed E-state index contributed by atoms with van der Waals surface area (Å²) in [5.41, 5.74) is 3.57. The number of nitrogens with zero attached hydrogens (tertiary/aromatic N) is 6. The van der Waals surface area contributed by atoms with Gasteiger partial charge in [0, 0.05) is 18.2 Å². The average molecular weight is 433 g/mol. The Morgan fingerprint density at radius 2 is 2.03 bits per heavy atom. The highest BCUT2D eigenvalue weighted by atomic mass is 19.1. The Morgan fingerprint density at radius 3 is 2.66 bits per heavy atom. The molecule has 164 valence electrons. The fourth-order valence-corrected chi connectivity index (χ4v) is 4.18. The third-order valence-corrected chi connectivity index (χ3v) is 6.08. The van der Waals surface area contributed by atoms with Gasteiger partial charge in [-0.15, -0.1) is 0 Å². The Balaban J connectivity index is 2.01. The van der Waals surface area contributed by atoms with E-state index in [1.54, 1.807) is 12.4 Å². The largest absolute Gasteiger partial charge is 0.348 e. The zero-order valence-corrected chi connectivity index (χ0v) is 18.7. The van der Waals surface area contributed by atoms with Gasteiger partial charge in [-0.1, -0.05) is 0 Å². The van der Waals surface area contributed by atoms with E-state index in [1.165, 1.54) is 12.1 Å². The molecule has 0 radical (unpaired) electrons. The summed E-state index contributed by atoms with van der Waals surface area (Å²) in [4.78, 5) is 6.45. The van der Waals surface area contributed by atoms with Crippen molar-refractivity contribution in [1.82, 2.24) is 24.3 Å². The van der Waals surface area contributed by atoms with Crippen LogP contribution in [0.3, 0.4) is 0 Å². The van der Waals surface area contributed by atoms with Crippen molar-refractivity contribution >= 4 is 5.82 Å². The maximum atomic E-state index is 14.3. The first-order valence-electron chi connectivity index (χ1n) is 10.2. The topological polar surface area (TPSA) is 97.6 Å². The lowest BCUT2D eigenvalue weighted by Gasteiger charge is -2.36. The smallest absolute Gasteiger partial charge is 0.132 e. The lowest BCUT2D eigenvalue weighted by molar-refractivity contribution is 0.320. The lowest BCUT2D eigenvalue weighted by Crippen LogP contribution is -2.47. The van der Waals surface area contributed by atoms with Gasteiger partial charge in [-0.2, -0.15) is 10.5 Å². The molecule has 0 bridgehead atoms. The Morgan fingerprint density at radius 1 is 1.28 bits per heavy atom. The number of hydrogen-bond donors (Lipinski definition) is 2. The van der Waals surface area contributed by atoms with Crippen LogP contribution in [0.15, 0.2) is 30.6 Å². The number of aromatic nitrogens is 3. The SMILES string of the molecule is CNC1(C)Nc2c(cc(-c3cc(F)cc(C#N)c3)n2CC(C#N)N(C)C)-c2c1ncn2C. The second-order valence-electron chi connectivity index (χ2n) is 8.40. The number of benzene rings is 1. The molecule has 3 aromatic rings. The number of likely N-dealkylation sites (N-methyl/N-ethyl adjacent to an activating group) is 1. The molecule has 0 spiro atoms. The molecule has 2 aromatic heterocycles. The molecule has 8 nitrogen and oxygen atoms in total. The first-order valence-corrected chi connectivity index (χ1v) is 10.2. The Labute approximate surface area is 186 Å². The van der Waals surface area contributed by atoms with E-state index in [4.69, 9.17) is 0 Å². The molecule has 1 aliphatic heterocycles. The van der Waals surface area contributed by atoms with Crippen LogP contribution in [0.4, 0.5) is 10.2 Å². The zero-order valence-electron chi connectivity index (χ0n) is 18.7. The molecular formula is C23H25FN8. The summed E-state index contributed by atoms with van der Waals surface area (Å²) in [6, 6.07) is 10.2. The van der Waals surface area contributed by atoms with Gasteiger partial charge in [0.2, 0.25) is 0 Å². The summed E-state index contributed by atoms with van der Waals surface area (Å²) in [5, 5.41) is 26.0. The molecule has 1 aromatic carbocycles. The maximum Gasteiger partial charge on any atom is 0.132 e. The van der Waals surface area contributed by atoms with Crippen LogP contribution in [-0.2, 0) is 19.3 Å². The quantitative estimate of drug-likeness (QED) is 0.644. The molecule has 2 unspecified atom stereocenters. The van der Waals surface area contributed by atoms with Gasteiger partial charge >= 0.3 is 0 Å². The Hall–Kier alpha value is -3.66. The number of nitrogens with one attached hydrogen (secondary N) is 2. The van der Waals surface area contributed by atoms with Crippen LogP contribution in [0.1, 0.15) is 18.2 Å². The molecule has 0 saturated carbocycles. The number of hydrogen-bond acceptors (Lipinski definition) is 6. The van der Waals surface area contributed by atoms with Crippen molar-refractivity contribution in [3.05, 3.63) is 47.7 Å². The van der Waals surface area contributed by atoms with Gasteiger partial charge < -0.3 is 14.5 Å². The lowest BCUT2D eigenvalue weighted by atomic mass is 9.98. The third-order valence-electron chi connectivity index (χ3n) is 6.08. The minimum atomic E-state index is -0.642. The fourth-order valence-electron chi connectivity index (χ4n) is 4.18. The number of rotatable bonds is 5. The molecule has 32 heavy (non-hydrogen) atoms. The second kappa shape index (κ2) is 7.79. The summed E-state index contributed by atoms with van der Waals surface area (Å²) in [5.74, 6) is 0.321. The number of halogens is 1. The van der Waals surface area contributed by atoms with Crippen molar-refractivity contribution in [3.8, 4) is 34.7 Å². The van der Waals surface area contributed by atoms with Gasteiger partial charge in [0.25, 0.3) is 0 Å². The normalized spacial score (nSPS) is 17.8. The van der Waals surface area contributed by atoms with Crippen LogP contribution in [0, 0.1) is 28.5 Å². The number of imidazole rings is 1. The molecule has 4 rings (SSSR count). The maximum absolute atomic E-state index is 14.3. The highest BCUT2D eigenvalue weighted by molar-refractivity contribution is 5.86. The fraction of sp³-hybridized carbons (Fsp3) is 0.348. The third kappa shape index (κ3) is 3.32. The van der Waals surface area contributed by atoms with Crippen molar-refractivity contribution < 1.29 is 4.39 Å². The standard InChI is InChI=1S/C23H25FN8/c1-23(27-2)21-20(31(5)13-28-21)18-9-19(15-6-14(10-25)7-16(24)8-15)32(22(18)29-23)12-17(11-26)30(3)4/h6-9,13,17,27,29H,12H2,1-5H3. The van der Waals surface area contributed by atoms with Crippen molar-refractivity contribution in [2.45, 2.75) is 25.2 Å². The molecule has 3 heterocycles. The highest BCUT2D eigenvalue weighted by Gasteiger charge is 2.39. The predicted octanol–water partition coefficient (Wildman–Crippen LogP) is 2.84. The number of fused-ring (bicyclic) bond motifs is 3. The minimum absolute atomic E-state index is 0.240. The molecule has 0 aliphatic carbocycles. The van der Waals surface area contributed by atoms with Crippen LogP contribution in [0.5, 0.6) is 0 Å². The Kier molecular flexibility index (Phi) is 5.25. The monoisotopic (exact) mass is 432 g/mol. The van der Waals surface area contributed by atoms with Crippen molar-refractivity contribution in [3.63, 3.8) is 0 Å². The van der Waals surface area contributed by atoms with E-state index in [0.29, 0.717) is 17.8 Å². The van der Waals surface area contributed by atoms with E-state index in [1.807, 2.05) is 61.3 Å². The zero-order chi connectivity index (χ0) is 23.2. The van der Waals surface area contributed by atoms with Crippen LogP contribution < -0.4 is 10.6 Å². The van der Waals surface area contributed by atoms with Crippen LogP contribution in [-0.4, -0.2) is 46.2 Å². The van der Waals surface area contributed by atoms with E-state index in [-0.39, 0.29) is 5.56 Å². The van der Waals surface area contributed by atoms with Gasteiger partial charge in [-0.25, -0.2) is 9.37 Å². The van der Waals surface area contributed by atoms with Gasteiger partial charge in [0.15, 0.2) is 0 Å². The second-order valence-corrected chi connectivity index (χ2v) is 8.40. The van der Waals surface area contributed by atoms with E-state index < -0.39 is 17.5 Å². The number of aryl methyl sites for hydroxylation is 1. The summed E-state index contributed by atoms with van der Waals surface area (Å²) in [6.07, 6.45) is 1.77. The van der Waals surface area contributed by atoms with E-state index >= 15 is 0 Å². The summed E-state index contributed by atoms with van der Waals surface area (Å²) in [6.45, 7) is 2.36. The van der Waals surface area contributed by atoms with E-state index in [2.05, 4.69) is 21.7 Å². The van der Waals surface area contributed by atoms with Gasteiger partial charge in [0.1, 0.15) is 29.0 Å². The van der Waals surface area contributed by atoms with Crippen LogP contribution in [0.25, 0.3) is 22.5 Å². The molecule has 0 saturated heterocycles. The van der Waals surface area contributed by atoms with Gasteiger partial charge in [-0.05, 0) is 52.3 Å². The van der Waals surface area contributed by atoms with Crippen molar-refractivity contribution in [2.24, 2.45) is 7.05 Å². The van der Waals surface area contributed by atoms with E-state index in [0.717, 1.165) is 22.8 Å². The molecule has 2 N–H and O–H groups in total. The summed E-state index contributed by atoms with van der Waals surface area (Å²) >= 11 is 0. The number of nitriles is 2. The van der Waals surface area contributed by atoms with Gasteiger partial charge in [-0.3, -0.25) is 10.2 Å². The minimum Gasteiger partial charge on any atom is -0.348 e. The molecule has 0 fully saturated rings. The average Bonchev–Trinajstić information content (AvgIpc) is 3.32. The van der Waals surface area contributed by atoms with E-state index in [9.17, 15) is 14.9 Å². The van der Waals surface area contributed by atoms with Gasteiger partial charge in [0.05, 0.1) is 42.0 Å². The van der Waals surface area contributed by atoms with Crippen molar-refractivity contribution in [1.29, 1.82) is 10.5 Å². The van der Waals surface area contributed by atoms with Crippen LogP contribution in [0.2, 0.25) is 0 Å². The number of anilines is 1. The van der Waals surface area contributed by atoms with Crippen LogP contribution >= 0.6 is 0 Å². The molecule has 0 amide bonds. The molecule has 1 aliphatic rings. The predicted molar refractivity (Wildman–Crippen MR) is 120 cm³/mol. The molecule has 2 atom stereocenters. The van der Waals surface area contributed by atoms with Crippen molar-refractivity contribution in [2.75, 3.05) is 26.5 Å². The summed E-state index contributed by atoms with van der Waals surface area (Å²) < 4.78 is 18.3. The molecule has 9 heteroatoms. The summed E-state index contributed by atoms with van der Waals surface area (Å²) in [7, 11) is 7.49. The highest BCUT2D eigenvalue weighted by Crippen LogP contribution is 2.45. The first kappa shape index (κ1) is 21.6. The first-order chi connectivity index (χ1) is 15.2.